The fourth-order valence-electron chi connectivity index (χ4n) is 2.58. The van der Waals surface area contributed by atoms with Crippen LogP contribution in [0.4, 0.5) is 0 Å². The van der Waals surface area contributed by atoms with Crippen LogP contribution in [0.2, 0.25) is 10.0 Å². The first kappa shape index (κ1) is 16.7. The average Bonchev–Trinajstić information content (AvgIpc) is 2.58. The van der Waals surface area contributed by atoms with Gasteiger partial charge in [-0.2, -0.15) is 0 Å². The molecular weight excluding hydrogens is 341 g/mol. The lowest BCUT2D eigenvalue weighted by molar-refractivity contribution is -0.114. The van der Waals surface area contributed by atoms with Crippen LogP contribution in [0.3, 0.4) is 0 Å². The zero-order valence-corrected chi connectivity index (χ0v) is 14.4. The predicted molar refractivity (Wildman–Crippen MR) is 99.8 cm³/mol. The van der Waals surface area contributed by atoms with Crippen molar-refractivity contribution in [2.24, 2.45) is 0 Å². The summed E-state index contributed by atoms with van der Waals surface area (Å²) in [5.74, 6) is -0.00229. The van der Waals surface area contributed by atoms with Crippen LogP contribution < -0.4 is 0 Å². The van der Waals surface area contributed by atoms with Crippen LogP contribution >= 0.6 is 23.2 Å². The molecule has 0 aliphatic carbocycles. The Bertz CT molecular complexity index is 913. The third kappa shape index (κ3) is 4.02. The number of carbonyl (C=O) groups is 1. The third-order valence-corrected chi connectivity index (χ3v) is 4.36. The summed E-state index contributed by atoms with van der Waals surface area (Å²) in [4.78, 5) is 16.5. The maximum Gasteiger partial charge on any atom is 0.159 e. The molecule has 0 saturated heterocycles. The molecule has 120 valence electrons. The van der Waals surface area contributed by atoms with Crippen molar-refractivity contribution in [3.8, 4) is 0 Å². The van der Waals surface area contributed by atoms with E-state index in [1.165, 1.54) is 0 Å². The Morgan fingerprint density at radius 3 is 2.75 bits per heavy atom. The Kier molecular flexibility index (Phi) is 5.29. The number of pyridine rings is 1. The van der Waals surface area contributed by atoms with E-state index < -0.39 is 0 Å². The van der Waals surface area contributed by atoms with Crippen LogP contribution in [0.15, 0.2) is 66.9 Å². The number of aromatic nitrogens is 1. The van der Waals surface area contributed by atoms with Gasteiger partial charge < -0.3 is 0 Å². The Labute approximate surface area is 150 Å². The molecule has 24 heavy (non-hydrogen) atoms. The van der Waals surface area contributed by atoms with Gasteiger partial charge in [0.15, 0.2) is 5.78 Å². The smallest absolute Gasteiger partial charge is 0.159 e. The summed E-state index contributed by atoms with van der Waals surface area (Å²) in [5, 5.41) is 2.24. The normalized spacial score (nSPS) is 11.2. The first-order valence-electron chi connectivity index (χ1n) is 7.59. The third-order valence-electron chi connectivity index (χ3n) is 3.75. The quantitative estimate of drug-likeness (QED) is 0.569. The number of hydrogen-bond donors (Lipinski definition) is 0. The molecule has 0 atom stereocenters. The Morgan fingerprint density at radius 2 is 1.88 bits per heavy atom. The number of nitrogens with zero attached hydrogens (tertiary/aromatic N) is 1. The molecule has 0 N–H and O–H groups in total. The van der Waals surface area contributed by atoms with E-state index in [2.05, 4.69) is 4.98 Å². The van der Waals surface area contributed by atoms with Gasteiger partial charge in [0.25, 0.3) is 0 Å². The van der Waals surface area contributed by atoms with Gasteiger partial charge in [-0.15, -0.1) is 0 Å². The van der Waals surface area contributed by atoms with E-state index in [0.29, 0.717) is 16.5 Å². The van der Waals surface area contributed by atoms with E-state index in [0.717, 1.165) is 22.0 Å². The highest BCUT2D eigenvalue weighted by atomic mass is 35.5. The highest BCUT2D eigenvalue weighted by Crippen LogP contribution is 2.21. The molecule has 0 fully saturated rings. The van der Waals surface area contributed by atoms with Crippen molar-refractivity contribution in [3.63, 3.8) is 0 Å². The second-order valence-electron chi connectivity index (χ2n) is 5.47. The predicted octanol–water partition coefficient (Wildman–Crippen LogP) is 5.45. The SMILES string of the molecule is O=C(/C=C/Cc1ccnc2ccccc12)Cc1cc(Cl)ccc1Cl. The number of rotatable bonds is 5. The fourth-order valence-corrected chi connectivity index (χ4v) is 2.95. The van der Waals surface area contributed by atoms with Gasteiger partial charge in [-0.25, -0.2) is 0 Å². The molecule has 3 rings (SSSR count). The van der Waals surface area contributed by atoms with E-state index in [1.807, 2.05) is 36.4 Å². The number of carbonyl (C=O) groups excluding carboxylic acids is 1. The molecule has 0 bridgehead atoms. The first-order valence-corrected chi connectivity index (χ1v) is 8.35. The van der Waals surface area contributed by atoms with E-state index in [9.17, 15) is 4.79 Å². The standard InChI is InChI=1S/C20H15Cl2NO/c21-16-8-9-19(22)15(12-16)13-17(24)5-3-4-14-10-11-23-20-7-2-1-6-18(14)20/h1-3,5-12H,4,13H2/b5-3+. The average molecular weight is 356 g/mol. The summed E-state index contributed by atoms with van der Waals surface area (Å²) in [5.41, 5.74) is 2.85. The number of hydrogen-bond acceptors (Lipinski definition) is 2. The molecule has 4 heteroatoms. The van der Waals surface area contributed by atoms with Crippen LogP contribution in [0.25, 0.3) is 10.9 Å². The number of allylic oxidation sites excluding steroid dienone is 2. The van der Waals surface area contributed by atoms with Gasteiger partial charge in [-0.05, 0) is 54.0 Å². The van der Waals surface area contributed by atoms with E-state index >= 15 is 0 Å². The molecule has 2 aromatic carbocycles. The minimum absolute atomic E-state index is 0.00229. The van der Waals surface area contributed by atoms with E-state index in [1.54, 1.807) is 30.5 Å². The molecule has 1 heterocycles. The molecule has 1 aromatic heterocycles. The Morgan fingerprint density at radius 1 is 1.04 bits per heavy atom. The summed E-state index contributed by atoms with van der Waals surface area (Å²) >= 11 is 12.0. The van der Waals surface area contributed by atoms with Gasteiger partial charge in [0, 0.05) is 28.0 Å². The molecular formula is C20H15Cl2NO. The van der Waals surface area contributed by atoms with Crippen molar-refractivity contribution in [1.82, 2.24) is 4.98 Å². The molecule has 0 radical (unpaired) electrons. The lowest BCUT2D eigenvalue weighted by atomic mass is 10.0. The monoisotopic (exact) mass is 355 g/mol. The highest BCUT2D eigenvalue weighted by molar-refractivity contribution is 6.33. The van der Waals surface area contributed by atoms with Gasteiger partial charge in [0.05, 0.1) is 5.52 Å². The Balaban J connectivity index is 1.69. The largest absolute Gasteiger partial charge is 0.294 e. The summed E-state index contributed by atoms with van der Waals surface area (Å²) in [6.07, 6.45) is 6.19. The number of halogens is 2. The van der Waals surface area contributed by atoms with Crippen molar-refractivity contribution < 1.29 is 4.79 Å². The molecule has 0 spiro atoms. The van der Waals surface area contributed by atoms with Crippen LogP contribution in [-0.4, -0.2) is 10.8 Å². The van der Waals surface area contributed by atoms with Gasteiger partial charge >= 0.3 is 0 Å². The van der Waals surface area contributed by atoms with Crippen molar-refractivity contribution in [2.45, 2.75) is 12.8 Å². The molecule has 0 amide bonds. The van der Waals surface area contributed by atoms with Gasteiger partial charge in [0.1, 0.15) is 0 Å². The van der Waals surface area contributed by atoms with Crippen LogP contribution in [0.5, 0.6) is 0 Å². The summed E-state index contributed by atoms with van der Waals surface area (Å²) in [7, 11) is 0. The lowest BCUT2D eigenvalue weighted by Crippen LogP contribution is -1.99. The minimum Gasteiger partial charge on any atom is -0.294 e. The van der Waals surface area contributed by atoms with Gasteiger partial charge in [-0.1, -0.05) is 47.5 Å². The number of ketones is 1. The van der Waals surface area contributed by atoms with E-state index in [-0.39, 0.29) is 12.2 Å². The highest BCUT2D eigenvalue weighted by Gasteiger charge is 2.06. The second kappa shape index (κ2) is 7.61. The molecule has 2 nitrogen and oxygen atoms in total. The maximum absolute atomic E-state index is 12.1. The fraction of sp³-hybridized carbons (Fsp3) is 0.100. The van der Waals surface area contributed by atoms with Crippen LogP contribution in [0.1, 0.15) is 11.1 Å². The van der Waals surface area contributed by atoms with Crippen molar-refractivity contribution in [1.29, 1.82) is 0 Å². The molecule has 0 unspecified atom stereocenters. The minimum atomic E-state index is -0.00229. The number of benzene rings is 2. The lowest BCUT2D eigenvalue weighted by Gasteiger charge is -2.03. The maximum atomic E-state index is 12.1. The number of para-hydroxylation sites is 1. The van der Waals surface area contributed by atoms with Crippen molar-refractivity contribution >= 4 is 39.9 Å². The topological polar surface area (TPSA) is 30.0 Å². The van der Waals surface area contributed by atoms with Gasteiger partial charge in [0.2, 0.25) is 0 Å². The zero-order chi connectivity index (χ0) is 16.9. The zero-order valence-electron chi connectivity index (χ0n) is 12.9. The Hall–Kier alpha value is -2.16. The summed E-state index contributed by atoms with van der Waals surface area (Å²) in [6, 6.07) is 15.1. The molecule has 0 saturated carbocycles. The molecule has 0 aliphatic heterocycles. The first-order chi connectivity index (χ1) is 11.6. The van der Waals surface area contributed by atoms with Crippen LogP contribution in [-0.2, 0) is 17.6 Å². The van der Waals surface area contributed by atoms with Crippen molar-refractivity contribution in [2.75, 3.05) is 0 Å². The van der Waals surface area contributed by atoms with Crippen LogP contribution in [0, 0.1) is 0 Å². The van der Waals surface area contributed by atoms with Crippen molar-refractivity contribution in [3.05, 3.63) is 88.1 Å². The molecule has 0 aliphatic rings. The summed E-state index contributed by atoms with van der Waals surface area (Å²) in [6.45, 7) is 0. The summed E-state index contributed by atoms with van der Waals surface area (Å²) < 4.78 is 0. The van der Waals surface area contributed by atoms with Gasteiger partial charge in [-0.3, -0.25) is 9.78 Å². The second-order valence-corrected chi connectivity index (χ2v) is 6.32. The molecule has 3 aromatic rings. The number of fused-ring (bicyclic) bond motifs is 1. The van der Waals surface area contributed by atoms with E-state index in [4.69, 9.17) is 23.2 Å².